The highest BCUT2D eigenvalue weighted by Crippen LogP contribution is 2.13. The van der Waals surface area contributed by atoms with E-state index >= 15 is 0 Å². The summed E-state index contributed by atoms with van der Waals surface area (Å²) < 4.78 is 7.04. The zero-order valence-corrected chi connectivity index (χ0v) is 8.30. The highest BCUT2D eigenvalue weighted by molar-refractivity contribution is 5.84. The molecular weight excluding hydrogens is 198 g/mol. The van der Waals surface area contributed by atoms with Gasteiger partial charge in [-0.1, -0.05) is 5.21 Å². The highest BCUT2D eigenvalue weighted by atomic mass is 16.5. The zero-order valence-electron chi connectivity index (χ0n) is 8.30. The number of nitrogens with zero attached hydrogens (tertiary/aromatic N) is 3. The smallest absolute Gasteiger partial charge is 0.358 e. The second-order valence-corrected chi connectivity index (χ2v) is 3.62. The summed E-state index contributed by atoms with van der Waals surface area (Å²) in [5.74, 6) is -1.05. The van der Waals surface area contributed by atoms with Gasteiger partial charge in [-0.2, -0.15) is 0 Å². The minimum Gasteiger partial charge on any atom is -0.476 e. The van der Waals surface area contributed by atoms with E-state index in [2.05, 4.69) is 10.3 Å². The lowest BCUT2D eigenvalue weighted by molar-refractivity contribution is 0.00368. The number of carboxylic acids is 1. The molecule has 1 aromatic heterocycles. The van der Waals surface area contributed by atoms with Crippen molar-refractivity contribution in [1.82, 2.24) is 15.0 Å². The first-order valence-corrected chi connectivity index (χ1v) is 5.01. The van der Waals surface area contributed by atoms with Crippen molar-refractivity contribution in [2.45, 2.75) is 31.9 Å². The molecule has 2 heterocycles. The zero-order chi connectivity index (χ0) is 10.7. The third-order valence-electron chi connectivity index (χ3n) is 2.42. The van der Waals surface area contributed by atoms with Crippen molar-refractivity contribution in [1.29, 1.82) is 0 Å². The summed E-state index contributed by atoms with van der Waals surface area (Å²) in [6, 6.07) is 0. The quantitative estimate of drug-likeness (QED) is 0.789. The van der Waals surface area contributed by atoms with E-state index in [1.165, 1.54) is 10.9 Å². The van der Waals surface area contributed by atoms with Crippen LogP contribution in [0.15, 0.2) is 6.20 Å². The molecule has 0 saturated carbocycles. The van der Waals surface area contributed by atoms with Gasteiger partial charge in [-0.05, 0) is 19.3 Å². The molecule has 1 fully saturated rings. The molecule has 6 nitrogen and oxygen atoms in total. The summed E-state index contributed by atoms with van der Waals surface area (Å²) in [5.41, 5.74) is -0.0224. The lowest BCUT2D eigenvalue weighted by Gasteiger charge is -2.21. The molecule has 2 rings (SSSR count). The highest BCUT2D eigenvalue weighted by Gasteiger charge is 2.16. The second-order valence-electron chi connectivity index (χ2n) is 3.62. The Hall–Kier alpha value is -1.43. The standard InChI is InChI=1S/C9H13N3O3/c13-9(14)8-6-12(11-10-8)5-7-3-1-2-4-15-7/h6-7H,1-5H2,(H,13,14). The van der Waals surface area contributed by atoms with Crippen molar-refractivity contribution in [3.05, 3.63) is 11.9 Å². The maximum atomic E-state index is 10.6. The molecule has 0 bridgehead atoms. The molecule has 0 aliphatic carbocycles. The van der Waals surface area contributed by atoms with Crippen molar-refractivity contribution in [2.75, 3.05) is 6.61 Å². The number of hydrogen-bond acceptors (Lipinski definition) is 4. The van der Waals surface area contributed by atoms with Crippen LogP contribution in [0.5, 0.6) is 0 Å². The van der Waals surface area contributed by atoms with Crippen LogP contribution < -0.4 is 0 Å². The molecule has 6 heteroatoms. The Bertz CT molecular complexity index is 344. The van der Waals surface area contributed by atoms with Crippen LogP contribution in [0.2, 0.25) is 0 Å². The monoisotopic (exact) mass is 211 g/mol. The molecule has 1 aliphatic rings. The molecule has 1 unspecified atom stereocenters. The SMILES string of the molecule is O=C(O)c1cn(CC2CCCCO2)nn1. The summed E-state index contributed by atoms with van der Waals surface area (Å²) in [6.45, 7) is 1.37. The van der Waals surface area contributed by atoms with Crippen LogP contribution >= 0.6 is 0 Å². The number of carboxylic acid groups (broad SMARTS) is 1. The first-order chi connectivity index (χ1) is 7.25. The Labute approximate surface area is 86.8 Å². The van der Waals surface area contributed by atoms with Crippen molar-refractivity contribution in [2.24, 2.45) is 0 Å². The van der Waals surface area contributed by atoms with Crippen molar-refractivity contribution in [3.8, 4) is 0 Å². The third-order valence-corrected chi connectivity index (χ3v) is 2.42. The van der Waals surface area contributed by atoms with E-state index in [-0.39, 0.29) is 11.8 Å². The van der Waals surface area contributed by atoms with Gasteiger partial charge in [-0.15, -0.1) is 5.10 Å². The average molecular weight is 211 g/mol. The summed E-state index contributed by atoms with van der Waals surface area (Å²) in [7, 11) is 0. The lowest BCUT2D eigenvalue weighted by Crippen LogP contribution is -2.24. The van der Waals surface area contributed by atoms with Gasteiger partial charge in [-0.25, -0.2) is 9.48 Å². The fraction of sp³-hybridized carbons (Fsp3) is 0.667. The predicted octanol–water partition coefficient (Wildman–Crippen LogP) is 0.545. The van der Waals surface area contributed by atoms with Crippen LogP contribution in [0, 0.1) is 0 Å². The molecule has 0 spiro atoms. The lowest BCUT2D eigenvalue weighted by atomic mass is 10.1. The van der Waals surface area contributed by atoms with E-state index in [9.17, 15) is 4.79 Å². The molecule has 1 aliphatic heterocycles. The first-order valence-electron chi connectivity index (χ1n) is 5.01. The fourth-order valence-electron chi connectivity index (χ4n) is 1.65. The summed E-state index contributed by atoms with van der Waals surface area (Å²) in [4.78, 5) is 10.6. The van der Waals surface area contributed by atoms with Gasteiger partial charge in [0.15, 0.2) is 5.69 Å². The Balaban J connectivity index is 1.94. The van der Waals surface area contributed by atoms with Crippen LogP contribution in [-0.2, 0) is 11.3 Å². The summed E-state index contributed by atoms with van der Waals surface area (Å²) in [6.07, 6.45) is 4.84. The van der Waals surface area contributed by atoms with Gasteiger partial charge >= 0.3 is 5.97 Å². The topological polar surface area (TPSA) is 77.2 Å². The fourth-order valence-corrected chi connectivity index (χ4v) is 1.65. The number of ether oxygens (including phenoxy) is 1. The molecule has 1 saturated heterocycles. The predicted molar refractivity (Wildman–Crippen MR) is 50.6 cm³/mol. The molecule has 82 valence electrons. The van der Waals surface area contributed by atoms with Crippen LogP contribution in [0.3, 0.4) is 0 Å². The van der Waals surface area contributed by atoms with E-state index in [4.69, 9.17) is 9.84 Å². The van der Waals surface area contributed by atoms with Crippen molar-refractivity contribution >= 4 is 5.97 Å². The van der Waals surface area contributed by atoms with Gasteiger partial charge in [0.05, 0.1) is 18.8 Å². The molecule has 1 atom stereocenters. The van der Waals surface area contributed by atoms with Gasteiger partial charge in [0.1, 0.15) is 0 Å². The van der Waals surface area contributed by atoms with Gasteiger partial charge in [0, 0.05) is 6.61 Å². The van der Waals surface area contributed by atoms with E-state index in [1.807, 2.05) is 0 Å². The molecule has 1 N–H and O–H groups in total. The number of aromatic carboxylic acids is 1. The van der Waals surface area contributed by atoms with Crippen molar-refractivity contribution < 1.29 is 14.6 Å². The Kier molecular flexibility index (Phi) is 2.96. The first kappa shape index (κ1) is 10.1. The van der Waals surface area contributed by atoms with Gasteiger partial charge in [-0.3, -0.25) is 0 Å². The number of carbonyl (C=O) groups is 1. The van der Waals surface area contributed by atoms with E-state index in [0.717, 1.165) is 25.9 Å². The number of aromatic nitrogens is 3. The number of hydrogen-bond donors (Lipinski definition) is 1. The molecular formula is C9H13N3O3. The molecule has 0 amide bonds. The van der Waals surface area contributed by atoms with Crippen LogP contribution in [-0.4, -0.2) is 38.8 Å². The summed E-state index contributed by atoms with van der Waals surface area (Å²) >= 11 is 0. The van der Waals surface area contributed by atoms with E-state index in [0.29, 0.717) is 6.54 Å². The molecule has 15 heavy (non-hydrogen) atoms. The van der Waals surface area contributed by atoms with Crippen LogP contribution in [0.4, 0.5) is 0 Å². The van der Waals surface area contributed by atoms with E-state index in [1.54, 1.807) is 0 Å². The summed E-state index contributed by atoms with van der Waals surface area (Å²) in [5, 5.41) is 15.9. The Morgan fingerprint density at radius 1 is 1.67 bits per heavy atom. The van der Waals surface area contributed by atoms with E-state index < -0.39 is 5.97 Å². The normalized spacial score (nSPS) is 21.5. The molecule has 1 aromatic rings. The largest absolute Gasteiger partial charge is 0.476 e. The Morgan fingerprint density at radius 2 is 2.53 bits per heavy atom. The molecule has 0 aromatic carbocycles. The van der Waals surface area contributed by atoms with Crippen LogP contribution in [0.25, 0.3) is 0 Å². The Morgan fingerprint density at radius 3 is 3.13 bits per heavy atom. The number of rotatable bonds is 3. The van der Waals surface area contributed by atoms with Gasteiger partial charge in [0.2, 0.25) is 0 Å². The maximum absolute atomic E-state index is 10.6. The second kappa shape index (κ2) is 4.39. The van der Waals surface area contributed by atoms with Crippen molar-refractivity contribution in [3.63, 3.8) is 0 Å². The van der Waals surface area contributed by atoms with Gasteiger partial charge in [0.25, 0.3) is 0 Å². The average Bonchev–Trinajstić information content (AvgIpc) is 2.68. The minimum absolute atomic E-state index is 0.0224. The molecule has 0 radical (unpaired) electrons. The van der Waals surface area contributed by atoms with Gasteiger partial charge < -0.3 is 9.84 Å². The third kappa shape index (κ3) is 2.53. The maximum Gasteiger partial charge on any atom is 0.358 e. The van der Waals surface area contributed by atoms with Crippen LogP contribution in [0.1, 0.15) is 29.8 Å². The minimum atomic E-state index is -1.05.